The number of fused-ring (bicyclic) bond motifs is 3. The molecule has 10 heteroatoms. The van der Waals surface area contributed by atoms with Gasteiger partial charge in [0.1, 0.15) is 4.83 Å². The van der Waals surface area contributed by atoms with E-state index >= 15 is 0 Å². The molecule has 0 aliphatic heterocycles. The number of hydrogen-bond donors (Lipinski definition) is 1. The molecule has 3 aromatic heterocycles. The van der Waals surface area contributed by atoms with E-state index in [2.05, 4.69) is 6.58 Å². The summed E-state index contributed by atoms with van der Waals surface area (Å²) in [6.45, 7) is 7.69. The SMILES string of the molecule is C=CCn1c(SCC(O)c2cc(C)n(-c3cccc(C(F)(F)F)c3)c2C)nc2sc3c(c2c1=O)CCCC3. The Morgan fingerprint density at radius 1 is 1.24 bits per heavy atom. The first-order valence-corrected chi connectivity index (χ1v) is 14.2. The van der Waals surface area contributed by atoms with Crippen LogP contribution in [-0.4, -0.2) is 25.0 Å². The van der Waals surface area contributed by atoms with Crippen LogP contribution in [0.5, 0.6) is 0 Å². The Kier molecular flexibility index (Phi) is 7.32. The molecule has 1 N–H and O–H groups in total. The maximum absolute atomic E-state index is 13.5. The number of benzene rings is 1. The molecule has 1 atom stereocenters. The average molecular weight is 560 g/mol. The van der Waals surface area contributed by atoms with Crippen molar-refractivity contribution >= 4 is 33.3 Å². The highest BCUT2D eigenvalue weighted by molar-refractivity contribution is 7.99. The highest BCUT2D eigenvalue weighted by atomic mass is 32.2. The van der Waals surface area contributed by atoms with Crippen LogP contribution in [0.25, 0.3) is 15.9 Å². The minimum Gasteiger partial charge on any atom is -0.387 e. The predicted molar refractivity (Wildman–Crippen MR) is 147 cm³/mol. The second kappa shape index (κ2) is 10.4. The van der Waals surface area contributed by atoms with Gasteiger partial charge in [0.15, 0.2) is 5.16 Å². The quantitative estimate of drug-likeness (QED) is 0.154. The van der Waals surface area contributed by atoms with Gasteiger partial charge in [-0.15, -0.1) is 17.9 Å². The molecule has 1 aliphatic rings. The van der Waals surface area contributed by atoms with E-state index in [1.165, 1.54) is 22.7 Å². The van der Waals surface area contributed by atoms with E-state index in [4.69, 9.17) is 4.98 Å². The van der Waals surface area contributed by atoms with Crippen molar-refractivity contribution in [3.8, 4) is 5.69 Å². The normalized spacial score (nSPS) is 14.6. The zero-order valence-corrected chi connectivity index (χ0v) is 22.8. The maximum Gasteiger partial charge on any atom is 0.416 e. The van der Waals surface area contributed by atoms with Gasteiger partial charge in [-0.2, -0.15) is 13.2 Å². The number of allylic oxidation sites excluding steroid dienone is 1. The van der Waals surface area contributed by atoms with Gasteiger partial charge in [0.2, 0.25) is 0 Å². The second-order valence-corrected chi connectivity index (χ2v) is 11.6. The van der Waals surface area contributed by atoms with Crippen molar-refractivity contribution < 1.29 is 18.3 Å². The van der Waals surface area contributed by atoms with Crippen molar-refractivity contribution in [3.05, 3.63) is 86.3 Å². The summed E-state index contributed by atoms with van der Waals surface area (Å²) in [5.74, 6) is 0.229. The molecule has 5 rings (SSSR count). The molecule has 3 heterocycles. The molecule has 0 amide bonds. The minimum absolute atomic E-state index is 0.0750. The summed E-state index contributed by atoms with van der Waals surface area (Å²) in [4.78, 5) is 20.3. The van der Waals surface area contributed by atoms with Crippen molar-refractivity contribution in [2.75, 3.05) is 5.75 Å². The van der Waals surface area contributed by atoms with E-state index in [9.17, 15) is 23.1 Å². The number of nitrogens with zero attached hydrogens (tertiary/aromatic N) is 3. The standard InChI is InChI=1S/C28H28F3N3O2S2/c1-4-12-33-26(36)24-20-10-5-6-11-23(20)38-25(24)32-27(33)37-15-22(35)21-13-16(2)34(17(21)3)19-9-7-8-18(14-19)28(29,30)31/h4,7-9,13-14,22,35H,1,5-6,10-12,15H2,2-3H3. The third-order valence-corrected chi connectivity index (χ3v) is 9.22. The van der Waals surface area contributed by atoms with Gasteiger partial charge in [0.05, 0.1) is 17.1 Å². The summed E-state index contributed by atoms with van der Waals surface area (Å²) in [7, 11) is 0. The molecule has 38 heavy (non-hydrogen) atoms. The van der Waals surface area contributed by atoms with Gasteiger partial charge < -0.3 is 9.67 Å². The maximum atomic E-state index is 13.5. The molecule has 0 bridgehead atoms. The fraction of sp³-hybridized carbons (Fsp3) is 0.357. The van der Waals surface area contributed by atoms with Gasteiger partial charge in [0.25, 0.3) is 5.56 Å². The Balaban J connectivity index is 1.44. The van der Waals surface area contributed by atoms with Gasteiger partial charge in [0, 0.05) is 39.8 Å². The van der Waals surface area contributed by atoms with Crippen molar-refractivity contribution in [2.24, 2.45) is 0 Å². The van der Waals surface area contributed by atoms with E-state index < -0.39 is 17.8 Å². The summed E-state index contributed by atoms with van der Waals surface area (Å²) in [6.07, 6.45) is 0.367. The molecule has 1 unspecified atom stereocenters. The van der Waals surface area contributed by atoms with Gasteiger partial charge in [-0.25, -0.2) is 4.98 Å². The molecule has 1 aromatic carbocycles. The van der Waals surface area contributed by atoms with E-state index in [1.807, 2.05) is 0 Å². The van der Waals surface area contributed by atoms with Gasteiger partial charge in [-0.3, -0.25) is 9.36 Å². The number of thiophene rings is 1. The lowest BCUT2D eigenvalue weighted by Crippen LogP contribution is -2.23. The summed E-state index contributed by atoms with van der Waals surface area (Å²) >= 11 is 2.88. The van der Waals surface area contributed by atoms with E-state index in [-0.39, 0.29) is 11.3 Å². The largest absolute Gasteiger partial charge is 0.416 e. The lowest BCUT2D eigenvalue weighted by Gasteiger charge is -2.15. The number of thioether (sulfide) groups is 1. The van der Waals surface area contributed by atoms with Crippen molar-refractivity contribution in [2.45, 2.75) is 63.5 Å². The highest BCUT2D eigenvalue weighted by Gasteiger charge is 2.31. The van der Waals surface area contributed by atoms with E-state index in [0.717, 1.165) is 48.2 Å². The van der Waals surface area contributed by atoms with Crippen LogP contribution in [-0.2, 0) is 25.6 Å². The van der Waals surface area contributed by atoms with Crippen molar-refractivity contribution in [1.82, 2.24) is 14.1 Å². The van der Waals surface area contributed by atoms with Crippen LogP contribution < -0.4 is 5.56 Å². The first kappa shape index (κ1) is 26.8. The number of aromatic nitrogens is 3. The molecule has 0 saturated heterocycles. The number of halogens is 3. The van der Waals surface area contributed by atoms with E-state index in [0.29, 0.717) is 39.7 Å². The van der Waals surface area contributed by atoms with Crippen LogP contribution in [0.4, 0.5) is 13.2 Å². The first-order valence-electron chi connectivity index (χ1n) is 12.4. The van der Waals surface area contributed by atoms with Gasteiger partial charge in [-0.05, 0) is 69.4 Å². The third kappa shape index (κ3) is 4.85. The fourth-order valence-corrected chi connectivity index (χ4v) is 7.47. The third-order valence-electron chi connectivity index (χ3n) is 6.98. The summed E-state index contributed by atoms with van der Waals surface area (Å²) in [5, 5.41) is 12.3. The molecule has 5 nitrogen and oxygen atoms in total. The minimum atomic E-state index is -4.44. The molecule has 0 saturated carbocycles. The number of rotatable bonds is 7. The lowest BCUT2D eigenvalue weighted by molar-refractivity contribution is -0.137. The monoisotopic (exact) mass is 559 g/mol. The highest BCUT2D eigenvalue weighted by Crippen LogP contribution is 2.36. The Labute approximate surface area is 226 Å². The Morgan fingerprint density at radius 3 is 2.74 bits per heavy atom. The van der Waals surface area contributed by atoms with Crippen LogP contribution >= 0.6 is 23.1 Å². The van der Waals surface area contributed by atoms with Crippen LogP contribution in [0.15, 0.2) is 52.9 Å². The molecular weight excluding hydrogens is 531 g/mol. The fourth-order valence-electron chi connectivity index (χ4n) is 5.21. The smallest absolute Gasteiger partial charge is 0.387 e. The van der Waals surface area contributed by atoms with Gasteiger partial charge >= 0.3 is 6.18 Å². The Morgan fingerprint density at radius 2 is 2.00 bits per heavy atom. The summed E-state index contributed by atoms with van der Waals surface area (Å²) < 4.78 is 43.1. The van der Waals surface area contributed by atoms with Crippen LogP contribution in [0.2, 0.25) is 0 Å². The van der Waals surface area contributed by atoms with Crippen LogP contribution in [0.3, 0.4) is 0 Å². The van der Waals surface area contributed by atoms with Crippen LogP contribution in [0, 0.1) is 13.8 Å². The molecule has 200 valence electrons. The summed E-state index contributed by atoms with van der Waals surface area (Å²) in [6, 6.07) is 6.95. The van der Waals surface area contributed by atoms with Crippen molar-refractivity contribution in [1.29, 1.82) is 0 Å². The first-order chi connectivity index (χ1) is 18.1. The number of aliphatic hydroxyl groups is 1. The molecule has 0 spiro atoms. The zero-order chi connectivity index (χ0) is 27.2. The lowest BCUT2D eigenvalue weighted by atomic mass is 9.97. The number of alkyl halides is 3. The van der Waals surface area contributed by atoms with Crippen molar-refractivity contribution in [3.63, 3.8) is 0 Å². The average Bonchev–Trinajstić information content (AvgIpc) is 3.40. The molecule has 0 fully saturated rings. The topological polar surface area (TPSA) is 60.1 Å². The predicted octanol–water partition coefficient (Wildman–Crippen LogP) is 6.77. The van der Waals surface area contributed by atoms with Crippen LogP contribution in [0.1, 0.15) is 51.9 Å². The zero-order valence-electron chi connectivity index (χ0n) is 21.1. The molecule has 0 radical (unpaired) electrons. The van der Waals surface area contributed by atoms with E-state index in [1.54, 1.807) is 52.5 Å². The Bertz CT molecular complexity index is 1580. The number of aliphatic hydroxyl groups excluding tert-OH is 1. The van der Waals surface area contributed by atoms with Gasteiger partial charge in [-0.1, -0.05) is 23.9 Å². The molecule has 1 aliphatic carbocycles. The number of aryl methyl sites for hydroxylation is 3. The second-order valence-electron chi connectivity index (χ2n) is 9.53. The molecule has 4 aromatic rings. The summed E-state index contributed by atoms with van der Waals surface area (Å²) in [5.41, 5.74) is 2.71. The number of hydrogen-bond acceptors (Lipinski definition) is 5. The molecular formula is C28H28F3N3O2S2. The Hall–Kier alpha value is -2.82.